The van der Waals surface area contributed by atoms with Gasteiger partial charge in [0.15, 0.2) is 5.76 Å². The first-order valence-electron chi connectivity index (χ1n) is 5.65. The first kappa shape index (κ1) is 12.9. The van der Waals surface area contributed by atoms with Crippen molar-refractivity contribution in [3.63, 3.8) is 0 Å². The van der Waals surface area contributed by atoms with E-state index >= 15 is 0 Å². The molecule has 18 heavy (non-hydrogen) atoms. The molecule has 0 aliphatic rings. The average molecular weight is 267 g/mol. The van der Waals surface area contributed by atoms with Crippen molar-refractivity contribution in [2.24, 2.45) is 5.73 Å². The SMILES string of the molecule is COc1cc(C)c(-c2oncc2CCN)cc1Cl. The van der Waals surface area contributed by atoms with Gasteiger partial charge >= 0.3 is 0 Å². The van der Waals surface area contributed by atoms with Gasteiger partial charge in [-0.2, -0.15) is 0 Å². The lowest BCUT2D eigenvalue weighted by Crippen LogP contribution is -2.02. The molecule has 2 rings (SSSR count). The molecule has 0 spiro atoms. The molecule has 2 N–H and O–H groups in total. The van der Waals surface area contributed by atoms with Crippen LogP contribution in [0.3, 0.4) is 0 Å². The van der Waals surface area contributed by atoms with Gasteiger partial charge in [-0.3, -0.25) is 0 Å². The molecule has 2 aromatic rings. The van der Waals surface area contributed by atoms with Gasteiger partial charge in [-0.25, -0.2) is 0 Å². The Hall–Kier alpha value is -1.52. The Morgan fingerprint density at radius 1 is 1.44 bits per heavy atom. The van der Waals surface area contributed by atoms with Crippen molar-refractivity contribution >= 4 is 11.6 Å². The van der Waals surface area contributed by atoms with E-state index in [1.54, 1.807) is 13.3 Å². The van der Waals surface area contributed by atoms with E-state index in [0.717, 1.165) is 28.9 Å². The summed E-state index contributed by atoms with van der Waals surface area (Å²) in [6.07, 6.45) is 2.42. The Balaban J connectivity index is 2.50. The van der Waals surface area contributed by atoms with Crippen LogP contribution in [0.2, 0.25) is 5.02 Å². The molecular formula is C13H15ClN2O2. The number of rotatable bonds is 4. The second kappa shape index (κ2) is 5.42. The predicted molar refractivity (Wildman–Crippen MR) is 71.0 cm³/mol. The zero-order valence-electron chi connectivity index (χ0n) is 10.4. The Labute approximate surface area is 111 Å². The molecule has 0 aliphatic heterocycles. The zero-order valence-corrected chi connectivity index (χ0v) is 11.1. The largest absolute Gasteiger partial charge is 0.495 e. The van der Waals surface area contributed by atoms with E-state index in [9.17, 15) is 0 Å². The molecule has 1 heterocycles. The van der Waals surface area contributed by atoms with Crippen LogP contribution in [-0.2, 0) is 6.42 Å². The van der Waals surface area contributed by atoms with Gasteiger partial charge in [-0.1, -0.05) is 16.8 Å². The minimum absolute atomic E-state index is 0.549. The summed E-state index contributed by atoms with van der Waals surface area (Å²) in [5, 5.41) is 4.37. The van der Waals surface area contributed by atoms with Crippen LogP contribution in [0.25, 0.3) is 11.3 Å². The predicted octanol–water partition coefficient (Wildman–Crippen LogP) is 2.81. The maximum absolute atomic E-state index is 6.14. The lowest BCUT2D eigenvalue weighted by Gasteiger charge is -2.09. The monoisotopic (exact) mass is 266 g/mol. The molecule has 4 nitrogen and oxygen atoms in total. The topological polar surface area (TPSA) is 61.3 Å². The third-order valence-electron chi connectivity index (χ3n) is 2.80. The van der Waals surface area contributed by atoms with Gasteiger partial charge in [0.05, 0.1) is 18.3 Å². The number of halogens is 1. The minimum atomic E-state index is 0.549. The van der Waals surface area contributed by atoms with Gasteiger partial charge < -0.3 is 15.0 Å². The molecule has 1 aromatic carbocycles. The van der Waals surface area contributed by atoms with E-state index < -0.39 is 0 Å². The summed E-state index contributed by atoms with van der Waals surface area (Å²) >= 11 is 6.14. The second-order valence-electron chi connectivity index (χ2n) is 4.02. The Morgan fingerprint density at radius 3 is 2.89 bits per heavy atom. The summed E-state index contributed by atoms with van der Waals surface area (Å²) in [5.74, 6) is 1.38. The summed E-state index contributed by atoms with van der Waals surface area (Å²) in [6, 6.07) is 3.71. The van der Waals surface area contributed by atoms with Gasteiger partial charge in [0, 0.05) is 11.1 Å². The van der Waals surface area contributed by atoms with E-state index in [2.05, 4.69) is 5.16 Å². The van der Waals surface area contributed by atoms with E-state index in [1.165, 1.54) is 0 Å². The fourth-order valence-electron chi connectivity index (χ4n) is 1.87. The van der Waals surface area contributed by atoms with E-state index in [0.29, 0.717) is 17.3 Å². The van der Waals surface area contributed by atoms with Crippen LogP contribution < -0.4 is 10.5 Å². The summed E-state index contributed by atoms with van der Waals surface area (Å²) in [6.45, 7) is 2.53. The maximum Gasteiger partial charge on any atom is 0.170 e. The number of ether oxygens (including phenoxy) is 1. The van der Waals surface area contributed by atoms with Crippen LogP contribution in [0.5, 0.6) is 5.75 Å². The Morgan fingerprint density at radius 2 is 2.22 bits per heavy atom. The molecule has 1 aromatic heterocycles. The highest BCUT2D eigenvalue weighted by Crippen LogP contribution is 2.34. The average Bonchev–Trinajstić information content (AvgIpc) is 2.80. The number of hydrogen-bond acceptors (Lipinski definition) is 4. The van der Waals surface area contributed by atoms with Crippen LogP contribution in [0.4, 0.5) is 0 Å². The molecule has 96 valence electrons. The molecule has 0 radical (unpaired) electrons. The first-order chi connectivity index (χ1) is 8.67. The van der Waals surface area contributed by atoms with Gasteiger partial charge in [0.2, 0.25) is 0 Å². The number of hydrogen-bond donors (Lipinski definition) is 1. The Kier molecular flexibility index (Phi) is 3.89. The van der Waals surface area contributed by atoms with Crippen molar-refractivity contribution < 1.29 is 9.26 Å². The standard InChI is InChI=1S/C13H15ClN2O2/c1-8-5-12(17-2)11(14)6-10(8)13-9(3-4-15)7-16-18-13/h5-7H,3-4,15H2,1-2H3. The minimum Gasteiger partial charge on any atom is -0.495 e. The summed E-state index contributed by atoms with van der Waals surface area (Å²) < 4.78 is 10.5. The zero-order chi connectivity index (χ0) is 13.1. The fourth-order valence-corrected chi connectivity index (χ4v) is 2.11. The molecule has 0 unspecified atom stereocenters. The number of nitrogens with two attached hydrogens (primary N) is 1. The lowest BCUT2D eigenvalue weighted by atomic mass is 10.0. The highest BCUT2D eigenvalue weighted by molar-refractivity contribution is 6.32. The van der Waals surface area contributed by atoms with Crippen LogP contribution in [0, 0.1) is 6.92 Å². The molecule has 5 heteroatoms. The summed E-state index contributed by atoms with van der Waals surface area (Å²) in [4.78, 5) is 0. The normalized spacial score (nSPS) is 10.7. The second-order valence-corrected chi connectivity index (χ2v) is 4.43. The van der Waals surface area contributed by atoms with E-state index in [1.807, 2.05) is 19.1 Å². The molecule has 0 saturated carbocycles. The molecule has 0 saturated heterocycles. The molecule has 0 bridgehead atoms. The number of aryl methyl sites for hydroxylation is 1. The third kappa shape index (κ3) is 2.35. The lowest BCUT2D eigenvalue weighted by molar-refractivity contribution is 0.414. The van der Waals surface area contributed by atoms with Crippen molar-refractivity contribution in [2.75, 3.05) is 13.7 Å². The molecule has 0 atom stereocenters. The fraction of sp³-hybridized carbons (Fsp3) is 0.308. The van der Waals surface area contributed by atoms with Gasteiger partial charge in [0.1, 0.15) is 5.75 Å². The van der Waals surface area contributed by atoms with Crippen molar-refractivity contribution in [2.45, 2.75) is 13.3 Å². The van der Waals surface area contributed by atoms with Crippen LogP contribution >= 0.6 is 11.6 Å². The van der Waals surface area contributed by atoms with Gasteiger partial charge in [-0.15, -0.1) is 0 Å². The quantitative estimate of drug-likeness (QED) is 0.924. The first-order valence-corrected chi connectivity index (χ1v) is 6.03. The molecule has 0 amide bonds. The highest BCUT2D eigenvalue weighted by atomic mass is 35.5. The molecule has 0 aliphatic carbocycles. The molecule has 0 fully saturated rings. The van der Waals surface area contributed by atoms with Crippen molar-refractivity contribution in [1.82, 2.24) is 5.16 Å². The smallest absolute Gasteiger partial charge is 0.170 e. The summed E-state index contributed by atoms with van der Waals surface area (Å²) in [7, 11) is 1.59. The van der Waals surface area contributed by atoms with Gasteiger partial charge in [0.25, 0.3) is 0 Å². The van der Waals surface area contributed by atoms with Crippen LogP contribution in [-0.4, -0.2) is 18.8 Å². The maximum atomic E-state index is 6.14. The van der Waals surface area contributed by atoms with Gasteiger partial charge in [-0.05, 0) is 37.6 Å². The molecular weight excluding hydrogens is 252 g/mol. The van der Waals surface area contributed by atoms with Crippen LogP contribution in [0.1, 0.15) is 11.1 Å². The van der Waals surface area contributed by atoms with Crippen molar-refractivity contribution in [1.29, 1.82) is 0 Å². The van der Waals surface area contributed by atoms with E-state index in [-0.39, 0.29) is 0 Å². The van der Waals surface area contributed by atoms with Crippen molar-refractivity contribution in [3.05, 3.63) is 34.5 Å². The number of aromatic nitrogens is 1. The summed E-state index contributed by atoms with van der Waals surface area (Å²) in [5.41, 5.74) is 8.49. The van der Waals surface area contributed by atoms with Crippen LogP contribution in [0.15, 0.2) is 22.9 Å². The number of benzene rings is 1. The number of nitrogens with zero attached hydrogens (tertiary/aromatic N) is 1. The Bertz CT molecular complexity index is 552. The van der Waals surface area contributed by atoms with E-state index in [4.69, 9.17) is 26.6 Å². The third-order valence-corrected chi connectivity index (χ3v) is 3.10. The highest BCUT2D eigenvalue weighted by Gasteiger charge is 2.15. The number of methoxy groups -OCH3 is 1. The van der Waals surface area contributed by atoms with Crippen molar-refractivity contribution in [3.8, 4) is 17.1 Å².